The highest BCUT2D eigenvalue weighted by Crippen LogP contribution is 2.38. The number of rotatable bonds is 5. The smallest absolute Gasteiger partial charge is 0.233 e. The Hall–Kier alpha value is -2.52. The second-order valence-corrected chi connectivity index (χ2v) is 10.2. The van der Waals surface area contributed by atoms with Crippen LogP contribution >= 0.6 is 0 Å². The van der Waals surface area contributed by atoms with Gasteiger partial charge < -0.3 is 4.74 Å². The fourth-order valence-corrected chi connectivity index (χ4v) is 6.91. The van der Waals surface area contributed by atoms with Crippen LogP contribution in [0.3, 0.4) is 0 Å². The van der Waals surface area contributed by atoms with Crippen LogP contribution in [0.1, 0.15) is 37.1 Å². The maximum atomic E-state index is 13.1. The van der Waals surface area contributed by atoms with E-state index in [2.05, 4.69) is 25.1 Å². The summed E-state index contributed by atoms with van der Waals surface area (Å²) < 4.78 is 32.3. The standard InChI is InChI=1S/C21H25N5O3S/c1-13-21(14(2)25-24-13)30(27,28)12-26-15-7-8-16(26)10-17(9-15)29-20-11-22-18-5-3-4-6-19(18)23-20/h3-6,11,15-17H,7-10,12H2,1-2H3,(H,24,25)/t15-,16+,17-. The molecule has 2 saturated heterocycles. The molecule has 30 heavy (non-hydrogen) atoms. The summed E-state index contributed by atoms with van der Waals surface area (Å²) in [6, 6.07) is 8.12. The molecule has 4 heterocycles. The Morgan fingerprint density at radius 2 is 1.83 bits per heavy atom. The average molecular weight is 428 g/mol. The van der Waals surface area contributed by atoms with E-state index in [1.165, 1.54) is 0 Å². The van der Waals surface area contributed by atoms with Crippen LogP contribution in [0.5, 0.6) is 5.88 Å². The number of hydrogen-bond acceptors (Lipinski definition) is 7. The van der Waals surface area contributed by atoms with Gasteiger partial charge in [-0.1, -0.05) is 12.1 Å². The Balaban J connectivity index is 1.30. The molecule has 5 rings (SSSR count). The zero-order chi connectivity index (χ0) is 20.9. The maximum Gasteiger partial charge on any atom is 0.233 e. The second kappa shape index (κ2) is 7.31. The van der Waals surface area contributed by atoms with E-state index >= 15 is 0 Å². The fraction of sp³-hybridized carbons (Fsp3) is 0.476. The van der Waals surface area contributed by atoms with Crippen LogP contribution in [-0.2, 0) is 9.84 Å². The number of aromatic nitrogens is 4. The molecule has 0 spiro atoms. The Kier molecular flexibility index (Phi) is 4.74. The van der Waals surface area contributed by atoms with E-state index in [9.17, 15) is 8.42 Å². The summed E-state index contributed by atoms with van der Waals surface area (Å²) in [5, 5.41) is 6.84. The number of H-pyrrole nitrogens is 1. The fourth-order valence-electron chi connectivity index (χ4n) is 4.96. The lowest BCUT2D eigenvalue weighted by atomic mass is 10.0. The monoisotopic (exact) mass is 427 g/mol. The number of piperidine rings is 1. The average Bonchev–Trinajstić information content (AvgIpc) is 3.16. The molecule has 2 aromatic heterocycles. The normalized spacial score (nSPS) is 24.4. The molecule has 1 aromatic carbocycles. The zero-order valence-corrected chi connectivity index (χ0v) is 17.9. The van der Waals surface area contributed by atoms with Gasteiger partial charge in [0.1, 0.15) is 16.9 Å². The van der Waals surface area contributed by atoms with E-state index in [0.29, 0.717) is 22.2 Å². The minimum absolute atomic E-state index is 0.0225. The van der Waals surface area contributed by atoms with E-state index in [0.717, 1.165) is 36.7 Å². The van der Waals surface area contributed by atoms with Gasteiger partial charge in [-0.2, -0.15) is 5.10 Å². The Morgan fingerprint density at radius 3 is 2.50 bits per heavy atom. The van der Waals surface area contributed by atoms with Crippen LogP contribution < -0.4 is 4.74 Å². The Bertz CT molecular complexity index is 1160. The first-order valence-corrected chi connectivity index (χ1v) is 11.9. The summed E-state index contributed by atoms with van der Waals surface area (Å²) in [6.07, 6.45) is 5.27. The minimum atomic E-state index is -3.44. The van der Waals surface area contributed by atoms with Crippen molar-refractivity contribution in [2.45, 2.75) is 62.6 Å². The van der Waals surface area contributed by atoms with Gasteiger partial charge in [0.15, 0.2) is 9.84 Å². The summed E-state index contributed by atoms with van der Waals surface area (Å²) in [5.74, 6) is 0.565. The molecule has 2 aliphatic heterocycles. The van der Waals surface area contributed by atoms with Gasteiger partial charge in [0.25, 0.3) is 0 Å². The van der Waals surface area contributed by atoms with Gasteiger partial charge in [-0.15, -0.1) is 0 Å². The maximum absolute atomic E-state index is 13.1. The highest BCUT2D eigenvalue weighted by atomic mass is 32.2. The molecule has 158 valence electrons. The molecular weight excluding hydrogens is 402 g/mol. The number of nitrogens with one attached hydrogen (secondary N) is 1. The first-order valence-electron chi connectivity index (χ1n) is 10.3. The van der Waals surface area contributed by atoms with Gasteiger partial charge >= 0.3 is 0 Å². The summed E-state index contributed by atoms with van der Waals surface area (Å²) in [4.78, 5) is 11.5. The highest BCUT2D eigenvalue weighted by Gasteiger charge is 2.44. The van der Waals surface area contributed by atoms with Gasteiger partial charge in [-0.25, -0.2) is 18.4 Å². The van der Waals surface area contributed by atoms with E-state index in [-0.39, 0.29) is 24.1 Å². The van der Waals surface area contributed by atoms with Crippen molar-refractivity contribution in [3.63, 3.8) is 0 Å². The van der Waals surface area contributed by atoms with Crippen molar-refractivity contribution in [2.24, 2.45) is 0 Å². The van der Waals surface area contributed by atoms with Crippen molar-refractivity contribution in [1.82, 2.24) is 25.1 Å². The minimum Gasteiger partial charge on any atom is -0.473 e. The lowest BCUT2D eigenvalue weighted by Crippen LogP contribution is -2.48. The van der Waals surface area contributed by atoms with Gasteiger partial charge in [0.05, 0.1) is 28.6 Å². The number of para-hydroxylation sites is 2. The first-order chi connectivity index (χ1) is 14.4. The Morgan fingerprint density at radius 1 is 1.13 bits per heavy atom. The van der Waals surface area contributed by atoms with Crippen LogP contribution in [0, 0.1) is 13.8 Å². The molecule has 0 aliphatic carbocycles. The summed E-state index contributed by atoms with van der Waals surface area (Å²) in [5.41, 5.74) is 2.79. The molecule has 1 N–H and O–H groups in total. The first kappa shape index (κ1) is 19.4. The number of aryl methyl sites for hydroxylation is 2. The SMILES string of the molecule is Cc1n[nH]c(C)c1S(=O)(=O)CN1[C@@H]2CC[C@H]1C[C@H](Oc1cnc3ccccc3n1)C2. The molecule has 2 aliphatic rings. The summed E-state index contributed by atoms with van der Waals surface area (Å²) in [7, 11) is -3.44. The van der Waals surface area contributed by atoms with Crippen LogP contribution in [0.25, 0.3) is 11.0 Å². The molecule has 0 unspecified atom stereocenters. The van der Waals surface area contributed by atoms with Gasteiger partial charge in [-0.05, 0) is 51.7 Å². The number of sulfone groups is 1. The van der Waals surface area contributed by atoms with E-state index in [1.807, 2.05) is 24.3 Å². The van der Waals surface area contributed by atoms with Gasteiger partial charge in [0.2, 0.25) is 5.88 Å². The molecule has 3 atom stereocenters. The van der Waals surface area contributed by atoms with Gasteiger partial charge in [-0.3, -0.25) is 10.00 Å². The van der Waals surface area contributed by atoms with Crippen LogP contribution in [-0.4, -0.2) is 57.5 Å². The number of benzene rings is 1. The molecular formula is C21H25N5O3S. The quantitative estimate of drug-likeness (QED) is 0.668. The molecule has 0 saturated carbocycles. The van der Waals surface area contributed by atoms with Crippen molar-refractivity contribution in [2.75, 3.05) is 5.88 Å². The van der Waals surface area contributed by atoms with E-state index in [1.54, 1.807) is 20.0 Å². The van der Waals surface area contributed by atoms with E-state index < -0.39 is 9.84 Å². The van der Waals surface area contributed by atoms with Crippen molar-refractivity contribution < 1.29 is 13.2 Å². The zero-order valence-electron chi connectivity index (χ0n) is 17.1. The van der Waals surface area contributed by atoms with Crippen molar-refractivity contribution in [1.29, 1.82) is 0 Å². The van der Waals surface area contributed by atoms with E-state index in [4.69, 9.17) is 4.74 Å². The topological polar surface area (TPSA) is 101 Å². The third-order valence-electron chi connectivity index (χ3n) is 6.25. The van der Waals surface area contributed by atoms with Gasteiger partial charge in [0, 0.05) is 12.1 Å². The van der Waals surface area contributed by atoms with Crippen LogP contribution in [0.15, 0.2) is 35.4 Å². The van der Waals surface area contributed by atoms with Crippen LogP contribution in [0.2, 0.25) is 0 Å². The second-order valence-electron chi connectivity index (χ2n) is 8.31. The predicted molar refractivity (Wildman–Crippen MR) is 112 cm³/mol. The lowest BCUT2D eigenvalue weighted by Gasteiger charge is -2.38. The third kappa shape index (κ3) is 3.45. The molecule has 8 nitrogen and oxygen atoms in total. The number of aromatic amines is 1. The third-order valence-corrected chi connectivity index (χ3v) is 8.11. The highest BCUT2D eigenvalue weighted by molar-refractivity contribution is 7.91. The summed E-state index contributed by atoms with van der Waals surface area (Å²) >= 11 is 0. The van der Waals surface area contributed by atoms with Crippen molar-refractivity contribution in [3.05, 3.63) is 41.9 Å². The lowest BCUT2D eigenvalue weighted by molar-refractivity contribution is 0.0581. The molecule has 3 aromatic rings. The molecule has 0 radical (unpaired) electrons. The number of fused-ring (bicyclic) bond motifs is 3. The largest absolute Gasteiger partial charge is 0.473 e. The van der Waals surface area contributed by atoms with Crippen molar-refractivity contribution in [3.8, 4) is 5.88 Å². The van der Waals surface area contributed by atoms with Crippen LogP contribution in [0.4, 0.5) is 0 Å². The Labute approximate surface area is 175 Å². The molecule has 2 fully saturated rings. The molecule has 9 heteroatoms. The van der Waals surface area contributed by atoms with Crippen molar-refractivity contribution >= 4 is 20.9 Å². The summed E-state index contributed by atoms with van der Waals surface area (Å²) in [6.45, 7) is 3.49. The number of nitrogens with zero attached hydrogens (tertiary/aromatic N) is 4. The molecule has 0 amide bonds. The molecule has 2 bridgehead atoms. The number of ether oxygens (including phenoxy) is 1. The number of hydrogen-bond donors (Lipinski definition) is 1. The predicted octanol–water partition coefficient (Wildman–Crippen LogP) is 2.78.